The van der Waals surface area contributed by atoms with Gasteiger partial charge in [-0.25, -0.2) is 0 Å². The number of Topliss-reactive ketones (excluding diaryl/α,β-unsaturated/α-hetero) is 1. The molecule has 0 saturated heterocycles. The van der Waals surface area contributed by atoms with Crippen molar-refractivity contribution in [2.24, 2.45) is 0 Å². The van der Waals surface area contributed by atoms with E-state index in [-0.39, 0.29) is 0 Å². The van der Waals surface area contributed by atoms with Crippen molar-refractivity contribution in [3.8, 4) is 0 Å². The number of carbonyl (C=O) groups is 1. The van der Waals surface area contributed by atoms with Crippen molar-refractivity contribution in [3.63, 3.8) is 0 Å². The Morgan fingerprint density at radius 2 is 2.45 bits per heavy atom. The molecule has 2 atom stereocenters. The first-order chi connectivity index (χ1) is 5.24. The molecule has 0 N–H and O–H groups in total. The van der Waals surface area contributed by atoms with Crippen LogP contribution in [-0.4, -0.2) is 16.3 Å². The van der Waals surface area contributed by atoms with Gasteiger partial charge < -0.3 is 0 Å². The zero-order valence-electron chi connectivity index (χ0n) is 7.30. The fraction of sp³-hybridized carbons (Fsp3) is 0.889. The number of ketones is 1. The van der Waals surface area contributed by atoms with Gasteiger partial charge in [0.25, 0.3) is 0 Å². The lowest BCUT2D eigenvalue weighted by Gasteiger charge is -2.12. The average molecular weight is 172 g/mol. The maximum atomic E-state index is 11.2. The third kappa shape index (κ3) is 2.51. The van der Waals surface area contributed by atoms with Gasteiger partial charge in [0, 0.05) is 11.7 Å². The van der Waals surface area contributed by atoms with Gasteiger partial charge in [-0.3, -0.25) is 4.79 Å². The second-order valence-electron chi connectivity index (χ2n) is 3.20. The van der Waals surface area contributed by atoms with Gasteiger partial charge in [-0.2, -0.15) is 0 Å². The zero-order valence-corrected chi connectivity index (χ0v) is 8.12. The summed E-state index contributed by atoms with van der Waals surface area (Å²) in [6, 6.07) is 0. The molecule has 64 valence electrons. The fourth-order valence-electron chi connectivity index (χ4n) is 1.30. The molecule has 0 aromatic heterocycles. The summed E-state index contributed by atoms with van der Waals surface area (Å²) in [5, 5.41) is 0.993. The van der Waals surface area contributed by atoms with Gasteiger partial charge in [0.2, 0.25) is 0 Å². The van der Waals surface area contributed by atoms with Gasteiger partial charge in [0.1, 0.15) is 5.78 Å². The second-order valence-corrected chi connectivity index (χ2v) is 4.85. The number of thioether (sulfide) groups is 1. The molecule has 0 heterocycles. The summed E-state index contributed by atoms with van der Waals surface area (Å²) >= 11 is 1.87. The Bertz CT molecular complexity index is 144. The summed E-state index contributed by atoms with van der Waals surface area (Å²) in [5.74, 6) is 0.482. The van der Waals surface area contributed by atoms with E-state index in [2.05, 4.69) is 13.8 Å². The highest BCUT2D eigenvalue weighted by Gasteiger charge is 2.25. The van der Waals surface area contributed by atoms with Crippen molar-refractivity contribution >= 4 is 17.5 Å². The second kappa shape index (κ2) is 4.15. The minimum Gasteiger partial charge on any atom is -0.298 e. The van der Waals surface area contributed by atoms with E-state index in [0.717, 1.165) is 19.3 Å². The van der Waals surface area contributed by atoms with Crippen molar-refractivity contribution in [1.82, 2.24) is 0 Å². The van der Waals surface area contributed by atoms with E-state index in [9.17, 15) is 4.79 Å². The molecule has 11 heavy (non-hydrogen) atoms. The smallest absolute Gasteiger partial charge is 0.145 e. The summed E-state index contributed by atoms with van der Waals surface area (Å²) in [5.41, 5.74) is 0. The van der Waals surface area contributed by atoms with Crippen molar-refractivity contribution in [3.05, 3.63) is 0 Å². The van der Waals surface area contributed by atoms with E-state index >= 15 is 0 Å². The molecule has 2 heteroatoms. The molecule has 0 amide bonds. The lowest BCUT2D eigenvalue weighted by molar-refractivity contribution is -0.116. The van der Waals surface area contributed by atoms with Crippen LogP contribution in [0.3, 0.4) is 0 Å². The van der Waals surface area contributed by atoms with E-state index in [4.69, 9.17) is 0 Å². The molecule has 0 spiro atoms. The van der Waals surface area contributed by atoms with E-state index < -0.39 is 0 Å². The fourth-order valence-corrected chi connectivity index (χ4v) is 2.63. The van der Waals surface area contributed by atoms with Crippen molar-refractivity contribution < 1.29 is 4.79 Å². The molecule has 2 unspecified atom stereocenters. The quantitative estimate of drug-likeness (QED) is 0.651. The maximum absolute atomic E-state index is 11.2. The van der Waals surface area contributed by atoms with Gasteiger partial charge in [0.05, 0.1) is 5.25 Å². The largest absolute Gasteiger partial charge is 0.298 e. The SMILES string of the molecule is CCC(C)SC1CCCC1=O. The predicted molar refractivity (Wildman–Crippen MR) is 50.0 cm³/mol. The molecule has 1 aliphatic carbocycles. The van der Waals surface area contributed by atoms with Crippen LogP contribution in [0.15, 0.2) is 0 Å². The van der Waals surface area contributed by atoms with E-state index in [0.29, 0.717) is 16.3 Å². The maximum Gasteiger partial charge on any atom is 0.145 e. The van der Waals surface area contributed by atoms with Crippen LogP contribution >= 0.6 is 11.8 Å². The summed E-state index contributed by atoms with van der Waals surface area (Å²) in [4.78, 5) is 11.2. The number of hydrogen-bond donors (Lipinski definition) is 0. The van der Waals surface area contributed by atoms with Crippen molar-refractivity contribution in [2.45, 2.75) is 50.0 Å². The monoisotopic (exact) mass is 172 g/mol. The van der Waals surface area contributed by atoms with Crippen LogP contribution in [0.1, 0.15) is 39.5 Å². The Morgan fingerprint density at radius 1 is 1.73 bits per heavy atom. The van der Waals surface area contributed by atoms with Crippen LogP contribution in [-0.2, 0) is 4.79 Å². The van der Waals surface area contributed by atoms with Crippen LogP contribution < -0.4 is 0 Å². The Kier molecular flexibility index (Phi) is 3.44. The Labute approximate surface area is 72.9 Å². The van der Waals surface area contributed by atoms with Crippen molar-refractivity contribution in [1.29, 1.82) is 0 Å². The number of hydrogen-bond acceptors (Lipinski definition) is 2. The molecule has 0 aromatic rings. The van der Waals surface area contributed by atoms with Crippen LogP contribution in [0, 0.1) is 0 Å². The topological polar surface area (TPSA) is 17.1 Å². The summed E-state index contributed by atoms with van der Waals surface area (Å²) in [6.07, 6.45) is 4.24. The zero-order chi connectivity index (χ0) is 8.27. The summed E-state index contributed by atoms with van der Waals surface area (Å²) < 4.78 is 0. The molecular formula is C9H16OS. The first-order valence-electron chi connectivity index (χ1n) is 4.42. The predicted octanol–water partition coefficient (Wildman–Crippen LogP) is 2.64. The van der Waals surface area contributed by atoms with E-state index in [1.807, 2.05) is 11.8 Å². The standard InChI is InChI=1S/C9H16OS/c1-3-7(2)11-9-6-4-5-8(9)10/h7,9H,3-6H2,1-2H3. The van der Waals surface area contributed by atoms with Crippen molar-refractivity contribution in [2.75, 3.05) is 0 Å². The molecule has 1 aliphatic rings. The van der Waals surface area contributed by atoms with Crippen LogP contribution in [0.25, 0.3) is 0 Å². The normalized spacial score (nSPS) is 27.5. The number of carbonyl (C=O) groups excluding carboxylic acids is 1. The molecule has 0 bridgehead atoms. The summed E-state index contributed by atoms with van der Waals surface area (Å²) in [6.45, 7) is 4.38. The molecule has 1 fully saturated rings. The summed E-state index contributed by atoms with van der Waals surface area (Å²) in [7, 11) is 0. The Morgan fingerprint density at radius 3 is 2.91 bits per heavy atom. The number of rotatable bonds is 3. The first kappa shape index (κ1) is 9.11. The molecule has 1 saturated carbocycles. The van der Waals surface area contributed by atoms with E-state index in [1.54, 1.807) is 0 Å². The Hall–Kier alpha value is 0.0200. The van der Waals surface area contributed by atoms with Gasteiger partial charge in [-0.1, -0.05) is 13.8 Å². The minimum absolute atomic E-state index is 0.338. The molecular weight excluding hydrogens is 156 g/mol. The molecule has 1 nitrogen and oxygen atoms in total. The molecule has 0 aliphatic heterocycles. The highest BCUT2D eigenvalue weighted by Crippen LogP contribution is 2.30. The van der Waals surface area contributed by atoms with Gasteiger partial charge in [-0.05, 0) is 19.3 Å². The lowest BCUT2D eigenvalue weighted by atomic mass is 10.3. The van der Waals surface area contributed by atoms with Crippen LogP contribution in [0.2, 0.25) is 0 Å². The molecule has 1 rings (SSSR count). The minimum atomic E-state index is 0.338. The average Bonchev–Trinajstić information content (AvgIpc) is 2.37. The third-order valence-electron chi connectivity index (χ3n) is 2.22. The lowest BCUT2D eigenvalue weighted by Crippen LogP contribution is -2.12. The van der Waals surface area contributed by atoms with Gasteiger partial charge in [-0.15, -0.1) is 11.8 Å². The van der Waals surface area contributed by atoms with Crippen LogP contribution in [0.4, 0.5) is 0 Å². The van der Waals surface area contributed by atoms with E-state index in [1.165, 1.54) is 6.42 Å². The first-order valence-corrected chi connectivity index (χ1v) is 5.36. The Balaban J connectivity index is 2.30. The highest BCUT2D eigenvalue weighted by molar-refractivity contribution is 8.01. The third-order valence-corrected chi connectivity index (χ3v) is 3.85. The highest BCUT2D eigenvalue weighted by atomic mass is 32.2. The van der Waals surface area contributed by atoms with Gasteiger partial charge in [0.15, 0.2) is 0 Å². The van der Waals surface area contributed by atoms with Gasteiger partial charge >= 0.3 is 0 Å². The molecule has 0 aromatic carbocycles. The van der Waals surface area contributed by atoms with Crippen LogP contribution in [0.5, 0.6) is 0 Å². The molecule has 0 radical (unpaired) electrons.